The van der Waals surface area contributed by atoms with Gasteiger partial charge in [0, 0.05) is 26.3 Å². The lowest BCUT2D eigenvalue weighted by atomic mass is 10.1. The number of rotatable bonds is 5. The van der Waals surface area contributed by atoms with Gasteiger partial charge in [-0.15, -0.1) is 0 Å². The minimum absolute atomic E-state index is 0.274. The maximum Gasteiger partial charge on any atom is 0.0702 e. The first kappa shape index (κ1) is 11.0. The molecule has 2 atom stereocenters. The minimum atomic E-state index is 0.274. The summed E-state index contributed by atoms with van der Waals surface area (Å²) in [6.45, 7) is 5.22. The topological polar surface area (TPSA) is 32.7 Å². The van der Waals surface area contributed by atoms with Gasteiger partial charge in [0.2, 0.25) is 0 Å². The second-order valence-corrected chi connectivity index (χ2v) is 4.14. The third-order valence-electron chi connectivity index (χ3n) is 2.47. The summed E-state index contributed by atoms with van der Waals surface area (Å²) in [5.74, 6) is 0.367. The first-order chi connectivity index (χ1) is 6.22. The number of ether oxygens (including phenoxy) is 1. The second kappa shape index (κ2) is 5.58. The zero-order valence-electron chi connectivity index (χ0n) is 8.70. The van der Waals surface area contributed by atoms with E-state index in [1.54, 1.807) is 0 Å². The van der Waals surface area contributed by atoms with Gasteiger partial charge in [0.25, 0.3) is 0 Å². The van der Waals surface area contributed by atoms with Crippen molar-refractivity contribution < 1.29 is 9.84 Å². The van der Waals surface area contributed by atoms with E-state index in [2.05, 4.69) is 18.9 Å². The highest BCUT2D eigenvalue weighted by Gasteiger charge is 2.17. The molecule has 0 spiro atoms. The molecule has 0 aromatic rings. The molecule has 1 fully saturated rings. The van der Waals surface area contributed by atoms with E-state index in [1.165, 1.54) is 12.8 Å². The highest BCUT2D eigenvalue weighted by atomic mass is 16.5. The van der Waals surface area contributed by atoms with Gasteiger partial charge in [-0.1, -0.05) is 6.92 Å². The highest BCUT2D eigenvalue weighted by molar-refractivity contribution is 4.69. The van der Waals surface area contributed by atoms with Gasteiger partial charge >= 0.3 is 0 Å². The van der Waals surface area contributed by atoms with Crippen LogP contribution in [0.15, 0.2) is 0 Å². The molecule has 1 heterocycles. The van der Waals surface area contributed by atoms with Crippen molar-refractivity contribution in [2.45, 2.75) is 25.9 Å². The summed E-state index contributed by atoms with van der Waals surface area (Å²) in [6.07, 6.45) is 2.82. The largest absolute Gasteiger partial charge is 0.396 e. The molecule has 1 aliphatic heterocycles. The van der Waals surface area contributed by atoms with Crippen LogP contribution in [0.5, 0.6) is 0 Å². The summed E-state index contributed by atoms with van der Waals surface area (Å²) >= 11 is 0. The summed E-state index contributed by atoms with van der Waals surface area (Å²) in [4.78, 5) is 2.25. The molecule has 0 saturated carbocycles. The zero-order chi connectivity index (χ0) is 9.68. The van der Waals surface area contributed by atoms with Gasteiger partial charge in [0.15, 0.2) is 0 Å². The molecule has 0 bridgehead atoms. The zero-order valence-corrected chi connectivity index (χ0v) is 8.70. The molecule has 1 rings (SSSR count). The van der Waals surface area contributed by atoms with Crippen LogP contribution >= 0.6 is 0 Å². The molecule has 0 radical (unpaired) electrons. The van der Waals surface area contributed by atoms with Gasteiger partial charge in [0.1, 0.15) is 0 Å². The van der Waals surface area contributed by atoms with Crippen LogP contribution in [-0.2, 0) is 4.74 Å². The summed E-state index contributed by atoms with van der Waals surface area (Å²) in [6, 6.07) is 0. The highest BCUT2D eigenvalue weighted by Crippen LogP contribution is 2.13. The van der Waals surface area contributed by atoms with Crippen LogP contribution < -0.4 is 0 Å². The molecule has 0 aromatic heterocycles. The molecular weight excluding hydrogens is 166 g/mol. The van der Waals surface area contributed by atoms with Crippen LogP contribution in [-0.4, -0.2) is 49.5 Å². The number of hydrogen-bond donors (Lipinski definition) is 1. The molecule has 78 valence electrons. The number of aliphatic hydroxyl groups is 1. The average molecular weight is 187 g/mol. The standard InChI is InChI=1S/C10H21NO2/c1-9(8-12)6-11(2)7-10-4-3-5-13-10/h9-10,12H,3-8H2,1-2H3. The third kappa shape index (κ3) is 4.07. The van der Waals surface area contributed by atoms with Crippen LogP contribution in [0.2, 0.25) is 0 Å². The molecular formula is C10H21NO2. The van der Waals surface area contributed by atoms with Gasteiger partial charge in [-0.3, -0.25) is 0 Å². The molecule has 2 unspecified atom stereocenters. The predicted octanol–water partition coefficient (Wildman–Crippen LogP) is 0.726. The van der Waals surface area contributed by atoms with Crippen LogP contribution in [0.3, 0.4) is 0 Å². The number of hydrogen-bond acceptors (Lipinski definition) is 3. The fourth-order valence-electron chi connectivity index (χ4n) is 1.80. The van der Waals surface area contributed by atoms with E-state index in [9.17, 15) is 0 Å². The Hall–Kier alpha value is -0.120. The molecule has 1 aliphatic rings. The fourth-order valence-corrected chi connectivity index (χ4v) is 1.80. The Labute approximate surface area is 80.7 Å². The van der Waals surface area contributed by atoms with Gasteiger partial charge < -0.3 is 14.7 Å². The fraction of sp³-hybridized carbons (Fsp3) is 1.00. The predicted molar refractivity (Wildman–Crippen MR) is 52.7 cm³/mol. The van der Waals surface area contributed by atoms with E-state index in [-0.39, 0.29) is 6.61 Å². The van der Waals surface area contributed by atoms with Crippen molar-refractivity contribution >= 4 is 0 Å². The van der Waals surface area contributed by atoms with E-state index in [0.29, 0.717) is 12.0 Å². The quantitative estimate of drug-likeness (QED) is 0.688. The van der Waals surface area contributed by atoms with Crippen molar-refractivity contribution in [3.05, 3.63) is 0 Å². The molecule has 3 heteroatoms. The lowest BCUT2D eigenvalue weighted by Gasteiger charge is -2.22. The van der Waals surface area contributed by atoms with Crippen molar-refractivity contribution in [2.75, 3.05) is 33.4 Å². The number of nitrogens with zero attached hydrogens (tertiary/aromatic N) is 1. The smallest absolute Gasteiger partial charge is 0.0702 e. The molecule has 0 aromatic carbocycles. The van der Waals surface area contributed by atoms with Crippen molar-refractivity contribution in [1.82, 2.24) is 4.90 Å². The molecule has 13 heavy (non-hydrogen) atoms. The first-order valence-corrected chi connectivity index (χ1v) is 5.13. The van der Waals surface area contributed by atoms with Crippen LogP contribution in [0.25, 0.3) is 0 Å². The van der Waals surface area contributed by atoms with Crippen molar-refractivity contribution in [2.24, 2.45) is 5.92 Å². The van der Waals surface area contributed by atoms with Crippen molar-refractivity contribution in [3.8, 4) is 0 Å². The maximum atomic E-state index is 8.89. The van der Waals surface area contributed by atoms with Crippen LogP contribution in [0.4, 0.5) is 0 Å². The molecule has 1 N–H and O–H groups in total. The monoisotopic (exact) mass is 187 g/mol. The Kier molecular flexibility index (Phi) is 4.70. The Morgan fingerprint density at radius 3 is 2.92 bits per heavy atom. The average Bonchev–Trinajstić information content (AvgIpc) is 2.56. The third-order valence-corrected chi connectivity index (χ3v) is 2.47. The second-order valence-electron chi connectivity index (χ2n) is 4.14. The van der Waals surface area contributed by atoms with E-state index < -0.39 is 0 Å². The Bertz CT molecular complexity index is 135. The number of likely N-dealkylation sites (N-methyl/N-ethyl adjacent to an activating group) is 1. The molecule has 1 saturated heterocycles. The summed E-state index contributed by atoms with van der Waals surface area (Å²) in [5.41, 5.74) is 0. The molecule has 3 nitrogen and oxygen atoms in total. The molecule has 0 amide bonds. The summed E-state index contributed by atoms with van der Waals surface area (Å²) in [7, 11) is 2.09. The Balaban J connectivity index is 2.12. The van der Waals surface area contributed by atoms with E-state index in [1.807, 2.05) is 0 Å². The Morgan fingerprint density at radius 1 is 1.62 bits per heavy atom. The minimum Gasteiger partial charge on any atom is -0.396 e. The van der Waals surface area contributed by atoms with E-state index >= 15 is 0 Å². The van der Waals surface area contributed by atoms with Gasteiger partial charge in [-0.2, -0.15) is 0 Å². The lowest BCUT2D eigenvalue weighted by molar-refractivity contribution is 0.0733. The SMILES string of the molecule is CC(CO)CN(C)CC1CCCO1. The normalized spacial score (nSPS) is 25.4. The molecule has 0 aliphatic carbocycles. The summed E-state index contributed by atoms with van der Waals surface area (Å²) < 4.78 is 5.53. The Morgan fingerprint density at radius 2 is 2.38 bits per heavy atom. The lowest BCUT2D eigenvalue weighted by Crippen LogP contribution is -2.33. The maximum absolute atomic E-state index is 8.89. The van der Waals surface area contributed by atoms with Crippen molar-refractivity contribution in [3.63, 3.8) is 0 Å². The van der Waals surface area contributed by atoms with Gasteiger partial charge in [0.05, 0.1) is 6.10 Å². The first-order valence-electron chi connectivity index (χ1n) is 5.13. The van der Waals surface area contributed by atoms with Crippen LogP contribution in [0.1, 0.15) is 19.8 Å². The number of aliphatic hydroxyl groups excluding tert-OH is 1. The van der Waals surface area contributed by atoms with Gasteiger partial charge in [-0.25, -0.2) is 0 Å². The summed E-state index contributed by atoms with van der Waals surface area (Å²) in [5, 5.41) is 8.89. The van der Waals surface area contributed by atoms with Crippen LogP contribution in [0, 0.1) is 5.92 Å². The van der Waals surface area contributed by atoms with Gasteiger partial charge in [-0.05, 0) is 25.8 Å². The van der Waals surface area contributed by atoms with Crippen molar-refractivity contribution in [1.29, 1.82) is 0 Å². The van der Waals surface area contributed by atoms with E-state index in [4.69, 9.17) is 9.84 Å². The van der Waals surface area contributed by atoms with E-state index in [0.717, 1.165) is 19.7 Å².